The minimum absolute atomic E-state index is 0.804. The highest BCUT2D eigenvalue weighted by atomic mass is 79.9. The zero-order valence-electron chi connectivity index (χ0n) is 6.93. The maximum Gasteiger partial charge on any atom is 0.0170 e. The molecule has 1 aliphatic carbocycles. The van der Waals surface area contributed by atoms with Gasteiger partial charge in [0.2, 0.25) is 0 Å². The van der Waals surface area contributed by atoms with Crippen LogP contribution in [-0.2, 0) is 0 Å². The number of hydrogen-bond donors (Lipinski definition) is 0. The summed E-state index contributed by atoms with van der Waals surface area (Å²) in [6.07, 6.45) is 7.12. The van der Waals surface area contributed by atoms with E-state index >= 15 is 0 Å². The van der Waals surface area contributed by atoms with E-state index in [1.807, 2.05) is 0 Å². The summed E-state index contributed by atoms with van der Waals surface area (Å²) >= 11 is 3.68. The first kappa shape index (κ1) is 8.06. The number of halogens is 1. The molecule has 2 fully saturated rings. The van der Waals surface area contributed by atoms with Gasteiger partial charge in [-0.15, -0.1) is 0 Å². The highest BCUT2D eigenvalue weighted by Gasteiger charge is 2.27. The van der Waals surface area contributed by atoms with Crippen molar-refractivity contribution in [2.45, 2.75) is 43.0 Å². The third-order valence-electron chi connectivity index (χ3n) is 3.05. The lowest BCUT2D eigenvalue weighted by atomic mass is 9.90. The zero-order valence-corrected chi connectivity index (χ0v) is 8.52. The van der Waals surface area contributed by atoms with Crippen molar-refractivity contribution < 1.29 is 0 Å². The van der Waals surface area contributed by atoms with Gasteiger partial charge in [-0.05, 0) is 38.8 Å². The number of alkyl halides is 1. The minimum atomic E-state index is 0.804. The van der Waals surface area contributed by atoms with E-state index in [0.717, 1.165) is 10.9 Å². The quantitative estimate of drug-likeness (QED) is 0.611. The molecular weight excluding hydrogens is 202 g/mol. The molecule has 0 aromatic heterocycles. The second kappa shape index (κ2) is 3.44. The maximum atomic E-state index is 3.68. The molecule has 1 saturated heterocycles. The fraction of sp³-hybridized carbons (Fsp3) is 1.00. The molecule has 0 N–H and O–H groups in total. The van der Waals surface area contributed by atoms with Crippen molar-refractivity contribution in [1.29, 1.82) is 0 Å². The topological polar surface area (TPSA) is 3.24 Å². The van der Waals surface area contributed by atoms with Gasteiger partial charge in [-0.1, -0.05) is 22.4 Å². The molecule has 0 amide bonds. The lowest BCUT2D eigenvalue weighted by molar-refractivity contribution is 0.107. The molecule has 0 aromatic carbocycles. The third kappa shape index (κ3) is 1.78. The van der Waals surface area contributed by atoms with Gasteiger partial charge >= 0.3 is 0 Å². The summed E-state index contributed by atoms with van der Waals surface area (Å²) in [6, 6.07) is 0.968. The fourth-order valence-corrected chi connectivity index (χ4v) is 2.39. The van der Waals surface area contributed by atoms with Gasteiger partial charge in [0, 0.05) is 10.9 Å². The highest BCUT2D eigenvalue weighted by molar-refractivity contribution is 9.09. The molecular formula is C9H16BrN. The van der Waals surface area contributed by atoms with Crippen LogP contribution in [0, 0.1) is 0 Å². The van der Waals surface area contributed by atoms with Crippen molar-refractivity contribution in [3.8, 4) is 0 Å². The average molecular weight is 218 g/mol. The Labute approximate surface area is 77.3 Å². The van der Waals surface area contributed by atoms with E-state index in [1.54, 1.807) is 0 Å². The smallest absolute Gasteiger partial charge is 0.0170 e. The van der Waals surface area contributed by atoms with Crippen LogP contribution in [0.2, 0.25) is 0 Å². The molecule has 64 valence electrons. The van der Waals surface area contributed by atoms with Crippen molar-refractivity contribution in [3.05, 3.63) is 0 Å². The second-order valence-corrected chi connectivity index (χ2v) is 5.09. The van der Waals surface area contributed by atoms with Crippen LogP contribution in [0.25, 0.3) is 0 Å². The van der Waals surface area contributed by atoms with E-state index in [9.17, 15) is 0 Å². The molecule has 0 unspecified atom stereocenters. The summed E-state index contributed by atoms with van der Waals surface area (Å²) in [7, 11) is 0. The Bertz CT molecular complexity index is 126. The molecule has 0 bridgehead atoms. The Morgan fingerprint density at radius 2 is 1.64 bits per heavy atom. The Balaban J connectivity index is 1.77. The van der Waals surface area contributed by atoms with E-state index in [1.165, 1.54) is 45.2 Å². The van der Waals surface area contributed by atoms with Crippen LogP contribution in [0.5, 0.6) is 0 Å². The van der Waals surface area contributed by atoms with E-state index in [-0.39, 0.29) is 0 Å². The lowest BCUT2D eigenvalue weighted by Gasteiger charge is -2.40. The summed E-state index contributed by atoms with van der Waals surface area (Å²) in [5.41, 5.74) is 0. The largest absolute Gasteiger partial charge is 0.300 e. The first-order valence-corrected chi connectivity index (χ1v) is 5.66. The van der Waals surface area contributed by atoms with Gasteiger partial charge in [-0.25, -0.2) is 0 Å². The summed E-state index contributed by atoms with van der Waals surface area (Å²) < 4.78 is 0. The van der Waals surface area contributed by atoms with E-state index < -0.39 is 0 Å². The Kier molecular flexibility index (Phi) is 2.52. The molecule has 1 heterocycles. The molecule has 0 spiro atoms. The zero-order chi connectivity index (χ0) is 7.68. The lowest BCUT2D eigenvalue weighted by Crippen LogP contribution is -2.44. The minimum Gasteiger partial charge on any atom is -0.300 e. The van der Waals surface area contributed by atoms with Crippen LogP contribution in [0.4, 0.5) is 0 Å². The van der Waals surface area contributed by atoms with E-state index in [2.05, 4.69) is 20.8 Å². The highest BCUT2D eigenvalue weighted by Crippen LogP contribution is 2.28. The van der Waals surface area contributed by atoms with Gasteiger partial charge in [0.1, 0.15) is 0 Å². The van der Waals surface area contributed by atoms with Crippen LogP contribution >= 0.6 is 15.9 Å². The van der Waals surface area contributed by atoms with Crippen molar-refractivity contribution >= 4 is 15.9 Å². The molecule has 1 aliphatic heterocycles. The van der Waals surface area contributed by atoms with Crippen LogP contribution in [0.3, 0.4) is 0 Å². The number of hydrogen-bond acceptors (Lipinski definition) is 1. The summed E-state index contributed by atoms with van der Waals surface area (Å²) in [6.45, 7) is 2.67. The molecule has 1 saturated carbocycles. The molecule has 2 heteroatoms. The summed E-state index contributed by atoms with van der Waals surface area (Å²) in [5, 5.41) is 0. The van der Waals surface area contributed by atoms with Gasteiger partial charge in [-0.2, -0.15) is 0 Å². The van der Waals surface area contributed by atoms with Crippen LogP contribution in [0.1, 0.15) is 32.1 Å². The van der Waals surface area contributed by atoms with E-state index in [4.69, 9.17) is 0 Å². The number of likely N-dealkylation sites (tertiary alicyclic amines) is 1. The number of rotatable bonds is 1. The second-order valence-electron chi connectivity index (χ2n) is 3.80. The van der Waals surface area contributed by atoms with Crippen LogP contribution in [0.15, 0.2) is 0 Å². The van der Waals surface area contributed by atoms with Crippen molar-refractivity contribution in [1.82, 2.24) is 4.90 Å². The molecule has 11 heavy (non-hydrogen) atoms. The van der Waals surface area contributed by atoms with Crippen molar-refractivity contribution in [2.24, 2.45) is 0 Å². The molecule has 1 nitrogen and oxygen atoms in total. The SMILES string of the molecule is BrC1CCN(C2CCC2)CC1. The Morgan fingerprint density at radius 1 is 1.00 bits per heavy atom. The van der Waals surface area contributed by atoms with Crippen LogP contribution < -0.4 is 0 Å². The fourth-order valence-electron chi connectivity index (χ4n) is 1.98. The molecule has 0 atom stereocenters. The monoisotopic (exact) mass is 217 g/mol. The third-order valence-corrected chi connectivity index (χ3v) is 3.97. The van der Waals surface area contributed by atoms with E-state index in [0.29, 0.717) is 0 Å². The van der Waals surface area contributed by atoms with Gasteiger partial charge in [0.25, 0.3) is 0 Å². The Hall–Kier alpha value is 0.440. The first-order chi connectivity index (χ1) is 5.36. The molecule has 2 aliphatic rings. The van der Waals surface area contributed by atoms with Gasteiger partial charge in [-0.3, -0.25) is 0 Å². The summed E-state index contributed by atoms with van der Waals surface area (Å²) in [4.78, 5) is 3.49. The standard InChI is InChI=1S/C9H16BrN/c10-8-4-6-11(7-5-8)9-2-1-3-9/h8-9H,1-7H2. The summed E-state index contributed by atoms with van der Waals surface area (Å²) in [5.74, 6) is 0. The molecule has 2 rings (SSSR count). The van der Waals surface area contributed by atoms with Crippen molar-refractivity contribution in [3.63, 3.8) is 0 Å². The van der Waals surface area contributed by atoms with Gasteiger partial charge in [0.15, 0.2) is 0 Å². The molecule has 0 aromatic rings. The first-order valence-electron chi connectivity index (χ1n) is 4.74. The maximum absolute atomic E-state index is 3.68. The predicted molar refractivity (Wildman–Crippen MR) is 51.2 cm³/mol. The Morgan fingerprint density at radius 3 is 2.09 bits per heavy atom. The normalized spacial score (nSPS) is 30.3. The van der Waals surface area contributed by atoms with Gasteiger partial charge < -0.3 is 4.90 Å². The molecule has 0 radical (unpaired) electrons. The number of piperidine rings is 1. The van der Waals surface area contributed by atoms with Crippen LogP contribution in [-0.4, -0.2) is 28.9 Å². The number of nitrogens with zero attached hydrogens (tertiary/aromatic N) is 1. The van der Waals surface area contributed by atoms with Gasteiger partial charge in [0.05, 0.1) is 0 Å². The predicted octanol–water partition coefficient (Wildman–Crippen LogP) is 2.40. The average Bonchev–Trinajstić information content (AvgIpc) is 1.90. The van der Waals surface area contributed by atoms with Crippen molar-refractivity contribution in [2.75, 3.05) is 13.1 Å².